The SMILES string of the molecule is COc1ccc(F)cc1S(=O)(=O)Nc1ccc2nc(C)n(-c3ccc(Cl)cc3)c(=O)c2c1. The van der Waals surface area contributed by atoms with Gasteiger partial charge in [0.15, 0.2) is 0 Å². The average molecular weight is 474 g/mol. The summed E-state index contributed by atoms with van der Waals surface area (Å²) >= 11 is 5.94. The van der Waals surface area contributed by atoms with Crippen LogP contribution in [-0.2, 0) is 10.0 Å². The third-order valence-electron chi connectivity index (χ3n) is 4.79. The van der Waals surface area contributed by atoms with E-state index in [-0.39, 0.29) is 27.3 Å². The first-order chi connectivity index (χ1) is 15.2. The Morgan fingerprint density at radius 3 is 2.47 bits per heavy atom. The van der Waals surface area contributed by atoms with Gasteiger partial charge in [0, 0.05) is 10.7 Å². The summed E-state index contributed by atoms with van der Waals surface area (Å²) in [5.74, 6) is -0.278. The van der Waals surface area contributed by atoms with Crippen LogP contribution < -0.4 is 15.0 Å². The number of halogens is 2. The van der Waals surface area contributed by atoms with Gasteiger partial charge in [-0.3, -0.25) is 14.1 Å². The molecule has 0 aliphatic heterocycles. The third kappa shape index (κ3) is 4.04. The molecule has 1 aromatic heterocycles. The molecule has 4 rings (SSSR count). The highest BCUT2D eigenvalue weighted by Crippen LogP contribution is 2.27. The number of sulfonamides is 1. The van der Waals surface area contributed by atoms with Gasteiger partial charge in [-0.05, 0) is 67.6 Å². The minimum absolute atomic E-state index is 0.0120. The Bertz CT molecular complexity index is 1500. The summed E-state index contributed by atoms with van der Waals surface area (Å²) in [5, 5.41) is 0.731. The Morgan fingerprint density at radius 1 is 1.06 bits per heavy atom. The fraction of sp³-hybridized carbons (Fsp3) is 0.0909. The second kappa shape index (κ2) is 8.25. The lowest BCUT2D eigenvalue weighted by atomic mass is 10.2. The molecule has 0 saturated carbocycles. The molecule has 0 fully saturated rings. The molecule has 1 N–H and O–H groups in total. The van der Waals surface area contributed by atoms with Crippen molar-refractivity contribution in [3.63, 3.8) is 0 Å². The molecule has 0 aliphatic rings. The zero-order valence-corrected chi connectivity index (χ0v) is 18.5. The van der Waals surface area contributed by atoms with Crippen molar-refractivity contribution in [2.45, 2.75) is 11.8 Å². The van der Waals surface area contributed by atoms with Gasteiger partial charge in [-0.15, -0.1) is 0 Å². The van der Waals surface area contributed by atoms with Gasteiger partial charge < -0.3 is 4.74 Å². The van der Waals surface area contributed by atoms with Crippen LogP contribution in [0.3, 0.4) is 0 Å². The summed E-state index contributed by atoms with van der Waals surface area (Å²) in [6, 6.07) is 14.3. The van der Waals surface area contributed by atoms with Crippen LogP contribution in [-0.4, -0.2) is 25.1 Å². The molecular formula is C22H17ClFN3O4S. The van der Waals surface area contributed by atoms with Gasteiger partial charge in [-0.25, -0.2) is 17.8 Å². The Labute approximate surface area is 188 Å². The highest BCUT2D eigenvalue weighted by Gasteiger charge is 2.21. The van der Waals surface area contributed by atoms with Crippen LogP contribution in [0.4, 0.5) is 10.1 Å². The van der Waals surface area contributed by atoms with Crippen molar-refractivity contribution in [1.82, 2.24) is 9.55 Å². The van der Waals surface area contributed by atoms with Crippen molar-refractivity contribution in [1.29, 1.82) is 0 Å². The van der Waals surface area contributed by atoms with Gasteiger partial charge in [0.2, 0.25) is 0 Å². The largest absolute Gasteiger partial charge is 0.495 e. The maximum Gasteiger partial charge on any atom is 0.266 e. The number of hydrogen-bond acceptors (Lipinski definition) is 5. The van der Waals surface area contributed by atoms with E-state index in [1.54, 1.807) is 31.2 Å². The number of nitrogens with zero attached hydrogens (tertiary/aromatic N) is 2. The molecule has 0 bridgehead atoms. The lowest BCUT2D eigenvalue weighted by Crippen LogP contribution is -2.22. The predicted molar refractivity (Wildman–Crippen MR) is 121 cm³/mol. The Hall–Kier alpha value is -3.43. The van der Waals surface area contributed by atoms with Crippen LogP contribution in [0, 0.1) is 12.7 Å². The van der Waals surface area contributed by atoms with Crippen LogP contribution in [0.2, 0.25) is 5.02 Å². The number of aryl methyl sites for hydroxylation is 1. The number of ether oxygens (including phenoxy) is 1. The summed E-state index contributed by atoms with van der Waals surface area (Å²) in [5.41, 5.74) is 0.721. The van der Waals surface area contributed by atoms with Crippen molar-refractivity contribution in [3.05, 3.63) is 87.7 Å². The van der Waals surface area contributed by atoms with E-state index in [4.69, 9.17) is 16.3 Å². The van der Waals surface area contributed by atoms with Crippen LogP contribution in [0.25, 0.3) is 16.6 Å². The molecule has 164 valence electrons. The van der Waals surface area contributed by atoms with Gasteiger partial charge in [-0.1, -0.05) is 11.6 Å². The molecule has 3 aromatic carbocycles. The highest BCUT2D eigenvalue weighted by molar-refractivity contribution is 7.92. The molecule has 4 aromatic rings. The monoisotopic (exact) mass is 473 g/mol. The first-order valence-corrected chi connectivity index (χ1v) is 11.2. The maximum absolute atomic E-state index is 13.7. The molecule has 7 nitrogen and oxygen atoms in total. The summed E-state index contributed by atoms with van der Waals surface area (Å²) in [4.78, 5) is 17.3. The fourth-order valence-electron chi connectivity index (χ4n) is 3.32. The van der Waals surface area contributed by atoms with Crippen molar-refractivity contribution in [3.8, 4) is 11.4 Å². The lowest BCUT2D eigenvalue weighted by molar-refractivity contribution is 0.401. The van der Waals surface area contributed by atoms with Crippen LogP contribution in [0.5, 0.6) is 5.75 Å². The Morgan fingerprint density at radius 2 is 1.78 bits per heavy atom. The summed E-state index contributed by atoms with van der Waals surface area (Å²) < 4.78 is 48.2. The van der Waals surface area contributed by atoms with Gasteiger partial charge in [0.05, 0.1) is 23.7 Å². The normalized spacial score (nSPS) is 11.5. The highest BCUT2D eigenvalue weighted by atomic mass is 35.5. The van der Waals surface area contributed by atoms with E-state index in [9.17, 15) is 17.6 Å². The number of aromatic nitrogens is 2. The smallest absolute Gasteiger partial charge is 0.266 e. The number of methoxy groups -OCH3 is 1. The zero-order valence-electron chi connectivity index (χ0n) is 17.0. The van der Waals surface area contributed by atoms with Gasteiger partial charge >= 0.3 is 0 Å². The topological polar surface area (TPSA) is 90.3 Å². The first kappa shape index (κ1) is 21.8. The molecule has 32 heavy (non-hydrogen) atoms. The fourth-order valence-corrected chi connectivity index (χ4v) is 4.68. The molecule has 0 saturated heterocycles. The molecular weight excluding hydrogens is 457 g/mol. The van der Waals surface area contributed by atoms with E-state index in [0.29, 0.717) is 22.1 Å². The Kier molecular flexibility index (Phi) is 5.62. The quantitative estimate of drug-likeness (QED) is 0.467. The number of anilines is 1. The van der Waals surface area contributed by atoms with Crippen molar-refractivity contribution in [2.75, 3.05) is 11.8 Å². The number of hydrogen-bond donors (Lipinski definition) is 1. The summed E-state index contributed by atoms with van der Waals surface area (Å²) in [6.07, 6.45) is 0. The van der Waals surface area contributed by atoms with E-state index < -0.39 is 15.8 Å². The third-order valence-corrected chi connectivity index (χ3v) is 6.44. The molecule has 0 unspecified atom stereocenters. The number of rotatable bonds is 5. The van der Waals surface area contributed by atoms with E-state index >= 15 is 0 Å². The Balaban J connectivity index is 1.81. The second-order valence-electron chi connectivity index (χ2n) is 6.91. The molecule has 1 heterocycles. The molecule has 0 spiro atoms. The van der Waals surface area contributed by atoms with Gasteiger partial charge in [0.1, 0.15) is 22.3 Å². The van der Waals surface area contributed by atoms with Crippen LogP contribution in [0.1, 0.15) is 5.82 Å². The zero-order chi connectivity index (χ0) is 23.0. The summed E-state index contributed by atoms with van der Waals surface area (Å²) in [7, 11) is -2.91. The number of benzene rings is 3. The molecule has 0 aliphatic carbocycles. The number of fused-ring (bicyclic) bond motifs is 1. The summed E-state index contributed by atoms with van der Waals surface area (Å²) in [6.45, 7) is 1.70. The van der Waals surface area contributed by atoms with E-state index in [2.05, 4.69) is 9.71 Å². The molecule has 10 heteroatoms. The molecule has 0 atom stereocenters. The lowest BCUT2D eigenvalue weighted by Gasteiger charge is -2.13. The maximum atomic E-state index is 13.7. The standard InChI is InChI=1S/C22H17ClFN3O4S/c1-13-25-19-9-6-16(26-32(29,30)21-11-15(24)5-10-20(21)31-2)12-18(19)22(28)27(13)17-7-3-14(23)4-8-17/h3-12,26H,1-2H3. The van der Waals surface area contributed by atoms with Gasteiger partial charge in [-0.2, -0.15) is 0 Å². The van der Waals surface area contributed by atoms with E-state index in [1.807, 2.05) is 0 Å². The van der Waals surface area contributed by atoms with Crippen molar-refractivity contribution in [2.24, 2.45) is 0 Å². The molecule has 0 amide bonds. The van der Waals surface area contributed by atoms with Crippen molar-refractivity contribution < 1.29 is 17.5 Å². The van der Waals surface area contributed by atoms with Gasteiger partial charge in [0.25, 0.3) is 15.6 Å². The average Bonchev–Trinajstić information content (AvgIpc) is 2.75. The van der Waals surface area contributed by atoms with Crippen LogP contribution in [0.15, 0.2) is 70.4 Å². The minimum atomic E-state index is -4.19. The van der Waals surface area contributed by atoms with E-state index in [1.165, 1.54) is 35.9 Å². The minimum Gasteiger partial charge on any atom is -0.495 e. The first-order valence-electron chi connectivity index (χ1n) is 9.35. The van der Waals surface area contributed by atoms with Crippen LogP contribution >= 0.6 is 11.6 Å². The predicted octanol–water partition coefficient (Wildman–Crippen LogP) is 4.30. The second-order valence-corrected chi connectivity index (χ2v) is 9.00. The van der Waals surface area contributed by atoms with E-state index in [0.717, 1.165) is 12.1 Å². The van der Waals surface area contributed by atoms with Crippen molar-refractivity contribution >= 4 is 38.2 Å². The molecule has 0 radical (unpaired) electrons. The number of nitrogens with one attached hydrogen (secondary N) is 1.